The van der Waals surface area contributed by atoms with Crippen molar-refractivity contribution >= 4 is 19.8 Å². The van der Waals surface area contributed by atoms with Gasteiger partial charge in [0.15, 0.2) is 6.10 Å². The predicted octanol–water partition coefficient (Wildman–Crippen LogP) is 23.4. The van der Waals surface area contributed by atoms with Crippen LogP contribution in [0.15, 0.2) is 60.8 Å². The van der Waals surface area contributed by atoms with Crippen LogP contribution in [0.5, 0.6) is 0 Å². The van der Waals surface area contributed by atoms with Crippen LogP contribution in [0, 0.1) is 0 Å². The van der Waals surface area contributed by atoms with Gasteiger partial charge in [0.05, 0.1) is 13.2 Å². The first-order valence-electron chi connectivity index (χ1n) is 35.8. The van der Waals surface area contributed by atoms with Gasteiger partial charge in [0.25, 0.3) is 0 Å². The van der Waals surface area contributed by atoms with Crippen molar-refractivity contribution in [2.75, 3.05) is 26.4 Å². The summed E-state index contributed by atoms with van der Waals surface area (Å²) in [6, 6.07) is 0. The number of rotatable bonds is 68. The lowest BCUT2D eigenvalue weighted by Crippen LogP contribution is -2.29. The quantitative estimate of drug-likeness (QED) is 0.0264. The maximum Gasteiger partial charge on any atom is 0.472 e. The minimum atomic E-state index is -4.39. The van der Waals surface area contributed by atoms with Gasteiger partial charge >= 0.3 is 19.8 Å². The van der Waals surface area contributed by atoms with Crippen LogP contribution in [-0.2, 0) is 32.7 Å². The van der Waals surface area contributed by atoms with Gasteiger partial charge in [-0.25, -0.2) is 4.57 Å². The van der Waals surface area contributed by atoms with E-state index in [4.69, 9.17) is 24.3 Å². The third kappa shape index (κ3) is 68.7. The highest BCUT2D eigenvalue weighted by Gasteiger charge is 2.26. The topological polar surface area (TPSA) is 134 Å². The zero-order valence-electron chi connectivity index (χ0n) is 54.7. The largest absolute Gasteiger partial charge is 0.472 e. The number of nitrogens with two attached hydrogens (primary N) is 1. The summed E-state index contributed by atoms with van der Waals surface area (Å²) >= 11 is 0. The minimum absolute atomic E-state index is 0.0550. The van der Waals surface area contributed by atoms with Crippen LogP contribution in [-0.4, -0.2) is 49.3 Å². The molecule has 0 aliphatic heterocycles. The Bertz CT molecular complexity index is 1540. The maximum absolute atomic E-state index is 12.8. The number of phosphoric ester groups is 1. The Labute approximate surface area is 514 Å². The zero-order valence-corrected chi connectivity index (χ0v) is 55.6. The molecule has 0 radical (unpaired) electrons. The van der Waals surface area contributed by atoms with Gasteiger partial charge in [0.1, 0.15) is 6.61 Å². The number of hydrogen-bond acceptors (Lipinski definition) is 8. The number of unbranched alkanes of at least 4 members (excludes halogenated alkanes) is 45. The van der Waals surface area contributed by atoms with Crippen molar-refractivity contribution in [1.29, 1.82) is 0 Å². The van der Waals surface area contributed by atoms with Gasteiger partial charge in [-0.2, -0.15) is 0 Å². The van der Waals surface area contributed by atoms with E-state index < -0.39 is 26.5 Å². The molecule has 2 unspecified atom stereocenters. The Kier molecular flexibility index (Phi) is 66.9. The summed E-state index contributed by atoms with van der Waals surface area (Å²) in [4.78, 5) is 35.3. The van der Waals surface area contributed by atoms with E-state index in [1.807, 2.05) is 0 Å². The van der Waals surface area contributed by atoms with Crippen LogP contribution in [0.1, 0.15) is 361 Å². The maximum atomic E-state index is 12.8. The Hall–Kier alpha value is -2.29. The fourth-order valence-corrected chi connectivity index (χ4v) is 11.4. The van der Waals surface area contributed by atoms with E-state index in [0.717, 1.165) is 57.8 Å². The van der Waals surface area contributed by atoms with Crippen molar-refractivity contribution < 1.29 is 37.6 Å². The lowest BCUT2D eigenvalue weighted by Gasteiger charge is -2.19. The molecule has 0 aliphatic carbocycles. The summed E-state index contributed by atoms with van der Waals surface area (Å²) in [6.07, 6.45) is 89.0. The number of carbonyl (C=O) groups is 2. The van der Waals surface area contributed by atoms with E-state index >= 15 is 0 Å². The molecule has 0 bridgehead atoms. The highest BCUT2D eigenvalue weighted by Crippen LogP contribution is 2.43. The monoisotopic (exact) mass is 1190 g/mol. The van der Waals surface area contributed by atoms with E-state index in [-0.39, 0.29) is 38.6 Å². The van der Waals surface area contributed by atoms with E-state index in [9.17, 15) is 19.0 Å². The van der Waals surface area contributed by atoms with Crippen LogP contribution in [0.3, 0.4) is 0 Å². The summed E-state index contributed by atoms with van der Waals surface area (Å²) in [5, 5.41) is 0. The summed E-state index contributed by atoms with van der Waals surface area (Å²) in [5.41, 5.74) is 5.40. The molecule has 0 fully saturated rings. The third-order valence-electron chi connectivity index (χ3n) is 15.9. The molecule has 0 aliphatic rings. The molecule has 9 nitrogen and oxygen atoms in total. The van der Waals surface area contributed by atoms with Crippen molar-refractivity contribution in [2.45, 2.75) is 367 Å². The number of carbonyl (C=O) groups excluding carboxylic acids is 2. The molecular formula is C73H136NO8P. The molecule has 486 valence electrons. The standard InChI is InChI=1S/C73H136NO8P/c1-3-5-7-9-11-13-15-17-19-21-23-25-27-28-29-30-31-32-33-34-35-36-37-38-39-40-41-42-44-46-48-50-52-54-56-58-60-62-64-66-73(76)82-71(70-81-83(77,78)80-68-67-74)69-79-72(75)65-63-61-59-57-55-53-51-49-47-45-43-26-24-22-20-18-16-14-12-10-8-6-4-2/h5,7,11,13,17,19,22-25,71H,3-4,6,8-10,12,14-16,18,20-21,26-70,74H2,1-2H3,(H,77,78)/b7-5-,13-11-,19-17-,24-22-,25-23-. The Morgan fingerprint density at radius 2 is 0.663 bits per heavy atom. The van der Waals surface area contributed by atoms with Crippen LogP contribution in [0.25, 0.3) is 0 Å². The van der Waals surface area contributed by atoms with Crippen LogP contribution >= 0.6 is 7.82 Å². The Morgan fingerprint density at radius 3 is 1.00 bits per heavy atom. The lowest BCUT2D eigenvalue weighted by molar-refractivity contribution is -0.161. The molecule has 0 saturated carbocycles. The highest BCUT2D eigenvalue weighted by atomic mass is 31.2. The first-order valence-corrected chi connectivity index (χ1v) is 37.3. The Balaban J connectivity index is 3.78. The van der Waals surface area contributed by atoms with Gasteiger partial charge in [0, 0.05) is 19.4 Å². The van der Waals surface area contributed by atoms with Crippen molar-refractivity contribution in [3.05, 3.63) is 60.8 Å². The normalized spacial score (nSPS) is 13.3. The fraction of sp³-hybridized carbons (Fsp3) is 0.836. The van der Waals surface area contributed by atoms with Crippen molar-refractivity contribution in [1.82, 2.24) is 0 Å². The van der Waals surface area contributed by atoms with Crippen molar-refractivity contribution in [3.8, 4) is 0 Å². The van der Waals surface area contributed by atoms with E-state index in [1.165, 1.54) is 270 Å². The molecule has 0 amide bonds. The van der Waals surface area contributed by atoms with E-state index in [2.05, 4.69) is 74.6 Å². The molecule has 0 aromatic heterocycles. The lowest BCUT2D eigenvalue weighted by atomic mass is 10.0. The average molecular weight is 1190 g/mol. The van der Waals surface area contributed by atoms with Gasteiger partial charge in [-0.05, 0) is 77.0 Å². The second-order valence-corrected chi connectivity index (χ2v) is 25.5. The van der Waals surface area contributed by atoms with Crippen molar-refractivity contribution in [3.63, 3.8) is 0 Å². The number of phosphoric acid groups is 1. The van der Waals surface area contributed by atoms with Gasteiger partial charge in [-0.15, -0.1) is 0 Å². The summed E-state index contributed by atoms with van der Waals surface area (Å²) in [6.45, 7) is 3.69. The second kappa shape index (κ2) is 68.8. The van der Waals surface area contributed by atoms with Gasteiger partial charge in [0.2, 0.25) is 0 Å². The SMILES string of the molecule is CC/C=C\C/C=C\C/C=C\C/C=C\CCCCCCCCCCCCCCCCCCCCCCCCCCCCC(=O)OC(COC(=O)CCCCCCCCCCCCC/C=C\CCCCCCCCCC)COP(=O)(O)OCCN. The molecule has 0 aromatic carbocycles. The van der Waals surface area contributed by atoms with E-state index in [0.29, 0.717) is 6.42 Å². The molecule has 83 heavy (non-hydrogen) atoms. The minimum Gasteiger partial charge on any atom is -0.462 e. The zero-order chi connectivity index (χ0) is 60.1. The highest BCUT2D eigenvalue weighted by molar-refractivity contribution is 7.47. The predicted molar refractivity (Wildman–Crippen MR) is 358 cm³/mol. The molecule has 0 saturated heterocycles. The third-order valence-corrected chi connectivity index (χ3v) is 16.9. The van der Waals surface area contributed by atoms with Crippen LogP contribution < -0.4 is 5.73 Å². The van der Waals surface area contributed by atoms with Crippen LogP contribution in [0.2, 0.25) is 0 Å². The van der Waals surface area contributed by atoms with Gasteiger partial charge in [-0.3, -0.25) is 18.6 Å². The molecular weight excluding hydrogens is 1050 g/mol. The van der Waals surface area contributed by atoms with E-state index in [1.54, 1.807) is 0 Å². The number of esters is 2. The van der Waals surface area contributed by atoms with Gasteiger partial charge in [-0.1, -0.05) is 331 Å². The van der Waals surface area contributed by atoms with Crippen molar-refractivity contribution in [2.24, 2.45) is 5.73 Å². The molecule has 2 atom stereocenters. The Morgan fingerprint density at radius 1 is 0.373 bits per heavy atom. The number of ether oxygens (including phenoxy) is 2. The van der Waals surface area contributed by atoms with Crippen LogP contribution in [0.4, 0.5) is 0 Å². The summed E-state index contributed by atoms with van der Waals surface area (Å²) in [7, 11) is -4.39. The molecule has 0 rings (SSSR count). The molecule has 0 aromatic rings. The molecule has 0 spiro atoms. The number of hydrogen-bond donors (Lipinski definition) is 2. The first kappa shape index (κ1) is 80.7. The molecule has 3 N–H and O–H groups in total. The fourth-order valence-electron chi connectivity index (χ4n) is 10.6. The first-order chi connectivity index (χ1) is 40.8. The van der Waals surface area contributed by atoms with Gasteiger partial charge < -0.3 is 20.1 Å². The summed E-state index contributed by atoms with van der Waals surface area (Å²) in [5.74, 6) is -0.809. The molecule has 10 heteroatoms. The smallest absolute Gasteiger partial charge is 0.462 e. The summed E-state index contributed by atoms with van der Waals surface area (Å²) < 4.78 is 33.2. The number of allylic oxidation sites excluding steroid dienone is 10. The second-order valence-electron chi connectivity index (χ2n) is 24.1. The average Bonchev–Trinajstić information content (AvgIpc) is 3.48. The molecule has 0 heterocycles.